The number of aromatic hydroxyl groups is 2. The first-order valence-corrected chi connectivity index (χ1v) is 11.0. The van der Waals surface area contributed by atoms with Gasteiger partial charge in [-0.05, 0) is 26.0 Å². The molecule has 9 nitrogen and oxygen atoms in total. The number of Topliss-reactive ketones (excluding diaryl/α,β-unsaturated/α-hetero) is 1. The van der Waals surface area contributed by atoms with Crippen LogP contribution in [0, 0.1) is 0 Å². The molecule has 0 aromatic heterocycles. The fraction of sp³-hybridized carbons (Fsp3) is 0.400. The Hall–Kier alpha value is -3.11. The molecule has 34 heavy (non-hydrogen) atoms. The molecule has 2 aromatic rings. The van der Waals surface area contributed by atoms with Crippen molar-refractivity contribution < 1.29 is 44.7 Å². The second-order valence-corrected chi connectivity index (χ2v) is 9.65. The zero-order chi connectivity index (χ0) is 24.7. The van der Waals surface area contributed by atoms with Gasteiger partial charge in [0.05, 0.1) is 29.5 Å². The monoisotopic (exact) mass is 468 g/mol. The molecular formula is C25H24O9. The second kappa shape index (κ2) is 7.44. The molecule has 1 saturated heterocycles. The lowest BCUT2D eigenvalue weighted by Crippen LogP contribution is -2.44. The van der Waals surface area contributed by atoms with E-state index in [-0.39, 0.29) is 64.0 Å². The van der Waals surface area contributed by atoms with Crippen molar-refractivity contribution in [3.8, 4) is 11.5 Å². The van der Waals surface area contributed by atoms with E-state index in [1.54, 1.807) is 6.92 Å². The van der Waals surface area contributed by atoms with Gasteiger partial charge in [-0.3, -0.25) is 14.4 Å². The van der Waals surface area contributed by atoms with Crippen molar-refractivity contribution >= 4 is 17.3 Å². The number of phenols is 2. The predicted octanol–water partition coefficient (Wildman–Crippen LogP) is 1.32. The Bertz CT molecular complexity index is 1260. The highest BCUT2D eigenvalue weighted by molar-refractivity contribution is 6.32. The lowest BCUT2D eigenvalue weighted by molar-refractivity contribution is -0.163. The Balaban J connectivity index is 1.65. The van der Waals surface area contributed by atoms with Gasteiger partial charge in [-0.2, -0.15) is 0 Å². The molecule has 5 unspecified atom stereocenters. The Morgan fingerprint density at radius 3 is 2.32 bits per heavy atom. The number of fused-ring (bicyclic) bond motifs is 4. The molecule has 5 atom stereocenters. The SMILES string of the molecule is CC1OC(c2ccc3c(c2O)C(=O)c2cc(O)c4c(c2C3=O)C(=O)CC(C)(O)C4)CC(O)C1O. The number of carbonyl (C=O) groups excluding carboxylic acids is 3. The summed E-state index contributed by atoms with van der Waals surface area (Å²) < 4.78 is 5.71. The smallest absolute Gasteiger partial charge is 0.198 e. The number of hydrogen-bond donors (Lipinski definition) is 5. The summed E-state index contributed by atoms with van der Waals surface area (Å²) >= 11 is 0. The van der Waals surface area contributed by atoms with Crippen LogP contribution in [0.1, 0.15) is 86.1 Å². The Morgan fingerprint density at radius 2 is 1.65 bits per heavy atom. The number of aliphatic hydroxyl groups is 3. The summed E-state index contributed by atoms with van der Waals surface area (Å²) in [5.74, 6) is -2.82. The standard InChI is InChI=1S/C25H24O9/c1-9-21(29)15(27)6-17(34-9)10-3-4-11-20(22(10)30)24(32)12-5-14(26)13-7-25(2,33)8-16(28)18(13)19(12)23(11)31/h3-5,9,15,17,21,26-27,29-30,33H,6-8H2,1-2H3. The molecule has 2 aliphatic carbocycles. The van der Waals surface area contributed by atoms with Crippen molar-refractivity contribution in [2.75, 3.05) is 0 Å². The minimum absolute atomic E-state index is 0.0285. The highest BCUT2D eigenvalue weighted by Crippen LogP contribution is 2.45. The van der Waals surface area contributed by atoms with Gasteiger partial charge in [0.15, 0.2) is 17.3 Å². The third-order valence-electron chi connectivity index (χ3n) is 7.00. The third-order valence-corrected chi connectivity index (χ3v) is 7.00. The number of rotatable bonds is 1. The molecule has 1 heterocycles. The average Bonchev–Trinajstić information content (AvgIpc) is 2.75. The summed E-state index contributed by atoms with van der Waals surface area (Å²) in [6.07, 6.45) is -4.11. The van der Waals surface area contributed by atoms with Crippen molar-refractivity contribution in [3.05, 3.63) is 57.1 Å². The quantitative estimate of drug-likeness (QED) is 0.355. The average molecular weight is 468 g/mol. The summed E-state index contributed by atoms with van der Waals surface area (Å²) in [7, 11) is 0. The Kier molecular flexibility index (Phi) is 4.96. The van der Waals surface area contributed by atoms with Crippen LogP contribution in [0.3, 0.4) is 0 Å². The lowest BCUT2D eigenvalue weighted by atomic mass is 9.72. The molecule has 178 valence electrons. The first-order chi connectivity index (χ1) is 15.9. The van der Waals surface area contributed by atoms with Gasteiger partial charge < -0.3 is 30.3 Å². The topological polar surface area (TPSA) is 162 Å². The number of phenolic OH excluding ortho intramolecular Hbond substituents is 2. The van der Waals surface area contributed by atoms with Crippen LogP contribution in [-0.2, 0) is 11.2 Å². The highest BCUT2D eigenvalue weighted by Gasteiger charge is 2.43. The maximum atomic E-state index is 13.5. The molecule has 1 fully saturated rings. The summed E-state index contributed by atoms with van der Waals surface area (Å²) in [5.41, 5.74) is -1.89. The summed E-state index contributed by atoms with van der Waals surface area (Å²) in [6.45, 7) is 3.03. The van der Waals surface area contributed by atoms with Gasteiger partial charge >= 0.3 is 0 Å². The molecule has 0 saturated carbocycles. The zero-order valence-electron chi connectivity index (χ0n) is 18.5. The van der Waals surface area contributed by atoms with Crippen LogP contribution in [0.2, 0.25) is 0 Å². The van der Waals surface area contributed by atoms with E-state index in [0.717, 1.165) is 6.07 Å². The molecule has 0 bridgehead atoms. The first kappa shape index (κ1) is 22.7. The van der Waals surface area contributed by atoms with E-state index in [4.69, 9.17) is 4.74 Å². The van der Waals surface area contributed by atoms with E-state index in [1.807, 2.05) is 0 Å². The molecule has 1 aliphatic heterocycles. The second-order valence-electron chi connectivity index (χ2n) is 9.65. The van der Waals surface area contributed by atoms with Gasteiger partial charge in [-0.15, -0.1) is 0 Å². The minimum atomic E-state index is -1.39. The van der Waals surface area contributed by atoms with Crippen LogP contribution in [0.5, 0.6) is 11.5 Å². The van der Waals surface area contributed by atoms with Crippen LogP contribution in [0.15, 0.2) is 18.2 Å². The minimum Gasteiger partial charge on any atom is -0.508 e. The molecule has 3 aliphatic rings. The van der Waals surface area contributed by atoms with Gasteiger partial charge in [0.25, 0.3) is 0 Å². The van der Waals surface area contributed by atoms with Crippen molar-refractivity contribution in [2.45, 2.75) is 63.1 Å². The molecule has 2 aromatic carbocycles. The molecule has 5 N–H and O–H groups in total. The largest absolute Gasteiger partial charge is 0.508 e. The fourth-order valence-electron chi connectivity index (χ4n) is 5.31. The normalized spacial score (nSPS) is 30.6. The molecule has 5 rings (SSSR count). The summed E-state index contributed by atoms with van der Waals surface area (Å²) in [6, 6.07) is 3.88. The van der Waals surface area contributed by atoms with Crippen LogP contribution in [0.4, 0.5) is 0 Å². The van der Waals surface area contributed by atoms with Crippen LogP contribution in [0.25, 0.3) is 0 Å². The number of aliphatic hydroxyl groups excluding tert-OH is 2. The number of ketones is 3. The van der Waals surface area contributed by atoms with Gasteiger partial charge in [0.1, 0.15) is 17.6 Å². The molecule has 9 heteroatoms. The van der Waals surface area contributed by atoms with Crippen LogP contribution in [-0.4, -0.2) is 66.8 Å². The predicted molar refractivity (Wildman–Crippen MR) is 116 cm³/mol. The van der Waals surface area contributed by atoms with E-state index >= 15 is 0 Å². The summed E-state index contributed by atoms with van der Waals surface area (Å²) in [5, 5.41) is 52.0. The molecule has 0 spiro atoms. The van der Waals surface area contributed by atoms with Crippen LogP contribution >= 0.6 is 0 Å². The number of ether oxygens (including phenoxy) is 1. The van der Waals surface area contributed by atoms with Gasteiger partial charge in [-0.25, -0.2) is 0 Å². The van der Waals surface area contributed by atoms with Crippen molar-refractivity contribution in [1.29, 1.82) is 0 Å². The number of carbonyl (C=O) groups is 3. The Morgan fingerprint density at radius 1 is 0.971 bits per heavy atom. The number of benzene rings is 2. The van der Waals surface area contributed by atoms with Crippen molar-refractivity contribution in [2.24, 2.45) is 0 Å². The molecule has 0 amide bonds. The van der Waals surface area contributed by atoms with E-state index in [9.17, 15) is 39.9 Å². The fourth-order valence-corrected chi connectivity index (χ4v) is 5.31. The maximum Gasteiger partial charge on any atom is 0.198 e. The van der Waals surface area contributed by atoms with Crippen molar-refractivity contribution in [1.82, 2.24) is 0 Å². The molecule has 0 radical (unpaired) electrons. The zero-order valence-corrected chi connectivity index (χ0v) is 18.5. The van der Waals surface area contributed by atoms with Crippen LogP contribution < -0.4 is 0 Å². The highest BCUT2D eigenvalue weighted by atomic mass is 16.5. The number of hydrogen-bond acceptors (Lipinski definition) is 9. The van der Waals surface area contributed by atoms with E-state index in [0.29, 0.717) is 0 Å². The van der Waals surface area contributed by atoms with Crippen molar-refractivity contribution in [3.63, 3.8) is 0 Å². The Labute approximate surface area is 194 Å². The molecular weight excluding hydrogens is 444 g/mol. The first-order valence-electron chi connectivity index (χ1n) is 11.0. The van der Waals surface area contributed by atoms with Gasteiger partial charge in [0.2, 0.25) is 0 Å². The van der Waals surface area contributed by atoms with E-state index < -0.39 is 53.1 Å². The maximum absolute atomic E-state index is 13.5. The van der Waals surface area contributed by atoms with Gasteiger partial charge in [0, 0.05) is 52.6 Å². The van der Waals surface area contributed by atoms with E-state index in [1.165, 1.54) is 19.1 Å². The van der Waals surface area contributed by atoms with E-state index in [2.05, 4.69) is 0 Å². The van der Waals surface area contributed by atoms with Gasteiger partial charge in [-0.1, -0.05) is 6.07 Å². The third kappa shape index (κ3) is 3.19. The summed E-state index contributed by atoms with van der Waals surface area (Å²) in [4.78, 5) is 39.8. The lowest BCUT2D eigenvalue weighted by Gasteiger charge is -2.36.